The van der Waals surface area contributed by atoms with Crippen molar-refractivity contribution in [3.05, 3.63) is 89.9 Å². The van der Waals surface area contributed by atoms with E-state index in [0.717, 1.165) is 28.7 Å². The molecule has 2 aromatic carbocycles. The fourth-order valence-corrected chi connectivity index (χ4v) is 9.89. The molecule has 0 unspecified atom stereocenters. The molecule has 1 aromatic heterocycles. The zero-order valence-corrected chi connectivity index (χ0v) is 53.5. The van der Waals surface area contributed by atoms with E-state index in [9.17, 15) is 43.1 Å². The Morgan fingerprint density at radius 1 is 0.667 bits per heavy atom. The monoisotopic (exact) mass is 1270 g/mol. The third kappa shape index (κ3) is 29.5. The molecule has 1 aliphatic rings. The molecule has 3 atom stereocenters. The van der Waals surface area contributed by atoms with Gasteiger partial charge in [0, 0.05) is 88.2 Å². The topological polar surface area (TPSA) is 276 Å². The second-order valence-corrected chi connectivity index (χ2v) is 23.3. The highest BCUT2D eigenvalue weighted by Crippen LogP contribution is 2.40. The highest BCUT2D eigenvalue weighted by molar-refractivity contribution is 6.13. The lowest BCUT2D eigenvalue weighted by Crippen LogP contribution is -2.45. The predicted molar refractivity (Wildman–Crippen MR) is 332 cm³/mol. The average Bonchev–Trinajstić information content (AvgIpc) is 1.60. The van der Waals surface area contributed by atoms with E-state index in [-0.39, 0.29) is 104 Å². The molecular formula is C66H98F2N6O16. The van der Waals surface area contributed by atoms with Crippen LogP contribution >= 0.6 is 0 Å². The van der Waals surface area contributed by atoms with Crippen LogP contribution in [0.5, 0.6) is 0 Å². The van der Waals surface area contributed by atoms with Gasteiger partial charge in [0.15, 0.2) is 5.78 Å². The van der Waals surface area contributed by atoms with Gasteiger partial charge in [-0.05, 0) is 80.2 Å². The van der Waals surface area contributed by atoms with Gasteiger partial charge in [0.2, 0.25) is 11.8 Å². The minimum Gasteiger partial charge on any atom is -0.387 e. The first-order valence-corrected chi connectivity index (χ1v) is 31.5. The van der Waals surface area contributed by atoms with Crippen LogP contribution in [-0.4, -0.2) is 203 Å². The molecular weight excluding hydrogens is 1170 g/mol. The number of rotatable bonds is 52. The number of imidazole rings is 1. The van der Waals surface area contributed by atoms with Crippen LogP contribution < -0.4 is 11.1 Å². The number of halogens is 2. The molecule has 4 amide bonds. The van der Waals surface area contributed by atoms with Crippen LogP contribution in [0.25, 0.3) is 11.3 Å². The third-order valence-corrected chi connectivity index (χ3v) is 14.7. The third-order valence-electron chi connectivity index (χ3n) is 14.7. The second kappa shape index (κ2) is 43.7. The number of nitrogens with one attached hydrogen (secondary N) is 1. The maximum absolute atomic E-state index is 15.2. The van der Waals surface area contributed by atoms with Crippen LogP contribution in [0.1, 0.15) is 123 Å². The largest absolute Gasteiger partial charge is 0.387 e. The van der Waals surface area contributed by atoms with Gasteiger partial charge in [-0.2, -0.15) is 0 Å². The van der Waals surface area contributed by atoms with Gasteiger partial charge in [-0.3, -0.25) is 38.5 Å². The van der Waals surface area contributed by atoms with Gasteiger partial charge >= 0.3 is 0 Å². The number of benzene rings is 2. The lowest BCUT2D eigenvalue weighted by Gasteiger charge is -2.40. The van der Waals surface area contributed by atoms with Gasteiger partial charge < -0.3 is 63.5 Å². The Labute approximate surface area is 529 Å². The molecule has 4 rings (SSSR count). The number of amides is 4. The number of Topliss-reactive ketones (excluding diaryl/α,β-unsaturated/α-hetero) is 3. The summed E-state index contributed by atoms with van der Waals surface area (Å²) in [5.41, 5.74) is 6.17. The number of aromatic nitrogens is 2. The number of ether oxygens (including phenoxy) is 8. The van der Waals surface area contributed by atoms with E-state index in [4.69, 9.17) is 48.6 Å². The smallest absolute Gasteiger partial charge is 0.253 e. The number of nitrogens with zero attached hydrogens (tertiary/aromatic N) is 4. The minimum absolute atomic E-state index is 0.0212. The summed E-state index contributed by atoms with van der Waals surface area (Å²) in [5, 5.41) is 13.3. The molecule has 0 saturated heterocycles. The van der Waals surface area contributed by atoms with Crippen molar-refractivity contribution in [2.45, 2.75) is 124 Å². The first-order chi connectivity index (χ1) is 43.3. The van der Waals surface area contributed by atoms with Crippen LogP contribution in [0.3, 0.4) is 0 Å². The molecule has 3 aromatic rings. The van der Waals surface area contributed by atoms with Crippen LogP contribution in [0.15, 0.2) is 66.9 Å². The lowest BCUT2D eigenvalue weighted by atomic mass is 9.84. The van der Waals surface area contributed by atoms with E-state index in [1.54, 1.807) is 11.1 Å². The number of aliphatic hydroxyl groups is 1. The van der Waals surface area contributed by atoms with Crippen LogP contribution in [-0.2, 0) is 78.0 Å². The lowest BCUT2D eigenvalue weighted by molar-refractivity contribution is -0.140. The summed E-state index contributed by atoms with van der Waals surface area (Å²) in [6.45, 7) is 15.6. The van der Waals surface area contributed by atoms with Crippen molar-refractivity contribution in [3.63, 3.8) is 0 Å². The summed E-state index contributed by atoms with van der Waals surface area (Å²) in [7, 11) is 0. The summed E-state index contributed by atoms with van der Waals surface area (Å²) < 4.78 is 75.8. The Hall–Kier alpha value is -6.06. The fraction of sp³-hybridized carbons (Fsp3) is 0.636. The summed E-state index contributed by atoms with van der Waals surface area (Å²) in [6, 6.07) is 11.1. The highest BCUT2D eigenvalue weighted by atomic mass is 19.1. The quantitative estimate of drug-likeness (QED) is 0.0399. The second-order valence-electron chi connectivity index (χ2n) is 23.3. The van der Waals surface area contributed by atoms with Gasteiger partial charge in [-0.25, -0.2) is 13.8 Å². The molecule has 0 saturated carbocycles. The Balaban J connectivity index is 1.06. The van der Waals surface area contributed by atoms with E-state index in [1.807, 2.05) is 69.5 Å². The summed E-state index contributed by atoms with van der Waals surface area (Å²) in [5.74, 6) is -3.86. The van der Waals surface area contributed by atoms with Gasteiger partial charge in [0.05, 0.1) is 117 Å². The number of nitrogens with two attached hydrogens (primary N) is 1. The molecule has 0 radical (unpaired) electrons. The number of aliphatic hydroxyl groups excluding tert-OH is 1. The predicted octanol–water partition coefficient (Wildman–Crippen LogP) is 6.56. The highest BCUT2D eigenvalue weighted by Gasteiger charge is 2.38. The van der Waals surface area contributed by atoms with Crippen LogP contribution in [0.2, 0.25) is 0 Å². The number of carbonyl (C=O) groups excluding carboxylic acids is 7. The Bertz CT molecular complexity index is 2630. The summed E-state index contributed by atoms with van der Waals surface area (Å²) >= 11 is 0. The maximum atomic E-state index is 15.2. The van der Waals surface area contributed by atoms with Crippen molar-refractivity contribution in [2.75, 3.05) is 132 Å². The SMILES string of the molecule is CC(C)[C@H](CC(=O)CCOCCOCCOCCOCCOCCOCCOCCOCCCC(=O)CCN1C(=O)C=CC1=O)C(=O)N[C@@H](CCCCN)C(=O)CCCCN(C(=O)CO)[C@@H](c1nc(-c2cc(F)ccc2F)cn1Cc1ccccc1)C(C)(C)C. The standard InChI is InChI=1S/C66H98F2N6O16/c1-49(2)54(45-53(77)24-29-84-31-33-86-35-37-88-39-41-90-43-42-89-40-38-87-36-34-85-32-30-83-28-13-16-52(76)23-27-73-60(79)21-22-61(73)80)65(82)71-57(17-9-11-25-69)59(78)18-10-12-26-74(62(81)48-75)63(66(3,4)5)64-70-58(55-44-51(67)19-20-56(55)68)47-72(64)46-50-14-7-6-8-15-50/h6-8,14-15,19-22,44,47,49,54,57,63,75H,9-13,16-18,23-43,45-46,48,69H2,1-5H3,(H,71,82)/t54-,57-,63-/m0/s1. The fourth-order valence-electron chi connectivity index (χ4n) is 9.89. The number of hydrogen-bond acceptors (Lipinski definition) is 18. The average molecular weight is 1270 g/mol. The normalized spacial score (nSPS) is 13.6. The molecule has 0 aliphatic carbocycles. The first kappa shape index (κ1) is 76.4. The van der Waals surface area contributed by atoms with E-state index in [1.165, 1.54) is 12.2 Å². The molecule has 0 fully saturated rings. The van der Waals surface area contributed by atoms with E-state index in [0.29, 0.717) is 156 Å². The summed E-state index contributed by atoms with van der Waals surface area (Å²) in [4.78, 5) is 97.2. The van der Waals surface area contributed by atoms with Crippen molar-refractivity contribution in [1.29, 1.82) is 0 Å². The molecule has 4 N–H and O–H groups in total. The van der Waals surface area contributed by atoms with Crippen molar-refractivity contribution in [2.24, 2.45) is 23.0 Å². The maximum Gasteiger partial charge on any atom is 0.253 e. The van der Waals surface area contributed by atoms with Crippen molar-refractivity contribution in [3.8, 4) is 11.3 Å². The number of ketones is 3. The Morgan fingerprint density at radius 3 is 1.76 bits per heavy atom. The van der Waals surface area contributed by atoms with Gasteiger partial charge in [-0.1, -0.05) is 65.0 Å². The zero-order valence-electron chi connectivity index (χ0n) is 53.5. The molecule has 24 heteroatoms. The number of unbranched alkanes of at least 4 members (excludes halogenated alkanes) is 2. The molecule has 22 nitrogen and oxygen atoms in total. The van der Waals surface area contributed by atoms with Gasteiger partial charge in [-0.15, -0.1) is 0 Å². The zero-order chi connectivity index (χ0) is 65.5. The van der Waals surface area contributed by atoms with E-state index >= 15 is 4.39 Å². The molecule has 2 heterocycles. The van der Waals surface area contributed by atoms with Crippen LogP contribution in [0.4, 0.5) is 8.78 Å². The summed E-state index contributed by atoms with van der Waals surface area (Å²) in [6.07, 6.45) is 7.52. The molecule has 502 valence electrons. The van der Waals surface area contributed by atoms with Crippen LogP contribution in [0, 0.1) is 28.9 Å². The number of hydrogen-bond donors (Lipinski definition) is 3. The molecule has 0 bridgehead atoms. The van der Waals surface area contributed by atoms with Gasteiger partial charge in [0.1, 0.15) is 35.6 Å². The van der Waals surface area contributed by atoms with Crippen molar-refractivity contribution in [1.82, 2.24) is 24.7 Å². The van der Waals surface area contributed by atoms with E-state index < -0.39 is 47.6 Å². The van der Waals surface area contributed by atoms with E-state index in [2.05, 4.69) is 5.32 Å². The van der Waals surface area contributed by atoms with Crippen molar-refractivity contribution < 1.29 is 85.3 Å². The Morgan fingerprint density at radius 2 is 1.22 bits per heavy atom. The first-order valence-electron chi connectivity index (χ1n) is 31.5. The molecule has 1 aliphatic heterocycles. The number of imide groups is 1. The van der Waals surface area contributed by atoms with Gasteiger partial charge in [0.25, 0.3) is 11.8 Å². The van der Waals surface area contributed by atoms with Crippen molar-refractivity contribution >= 4 is 41.0 Å². The number of carbonyl (C=O) groups is 7. The minimum atomic E-state index is -0.818. The molecule has 90 heavy (non-hydrogen) atoms. The molecule has 0 spiro atoms. The Kier molecular flexibility index (Phi) is 37.1.